The van der Waals surface area contributed by atoms with Crippen LogP contribution in [0.4, 0.5) is 0 Å². The van der Waals surface area contributed by atoms with E-state index in [0.29, 0.717) is 0 Å². The van der Waals surface area contributed by atoms with Crippen molar-refractivity contribution in [3.63, 3.8) is 0 Å². The molecule has 2 fully saturated rings. The van der Waals surface area contributed by atoms with Gasteiger partial charge in [0, 0.05) is 13.8 Å². The third-order valence-corrected chi connectivity index (χ3v) is 17.3. The molecule has 0 radical (unpaired) electrons. The van der Waals surface area contributed by atoms with Gasteiger partial charge in [0.1, 0.15) is 42.7 Å². The quantitative estimate of drug-likeness (QED) is 0.0450. The van der Waals surface area contributed by atoms with Crippen LogP contribution in [0, 0.1) is 6.92 Å². The minimum Gasteiger partial charge on any atom is -0.454 e. The van der Waals surface area contributed by atoms with Gasteiger partial charge in [-0.2, -0.15) is 8.42 Å². The van der Waals surface area contributed by atoms with Gasteiger partial charge in [-0.3, -0.25) is 14.1 Å². The molecule has 4 aromatic carbocycles. The lowest BCUT2D eigenvalue weighted by Crippen LogP contribution is -2.69. The minimum atomic E-state index is -5.27. The smallest absolute Gasteiger partial charge is 0.397 e. The number of hydrogen-bond donors (Lipinski definition) is 2. The Balaban J connectivity index is 1.45. The first-order valence-electron chi connectivity index (χ1n) is 23.1. The van der Waals surface area contributed by atoms with E-state index in [1.54, 1.807) is 0 Å². The number of hydrogen-bond acceptors (Lipinski definition) is 14. The monoisotopic (exact) mass is 993 g/mol. The van der Waals surface area contributed by atoms with Crippen LogP contribution >= 0.6 is 0 Å². The molecular weight excluding hydrogens is 927 g/mol. The van der Waals surface area contributed by atoms with Crippen LogP contribution in [0.2, 0.25) is 18.1 Å². The molecule has 2 aliphatic rings. The van der Waals surface area contributed by atoms with Crippen molar-refractivity contribution in [1.82, 2.24) is 5.32 Å². The molecule has 69 heavy (non-hydrogen) atoms. The van der Waals surface area contributed by atoms with E-state index in [9.17, 15) is 22.6 Å². The van der Waals surface area contributed by atoms with Crippen molar-refractivity contribution in [2.75, 3.05) is 13.2 Å². The molecule has 2 saturated heterocycles. The Morgan fingerprint density at radius 3 is 1.64 bits per heavy atom. The molecule has 16 nitrogen and oxygen atoms in total. The van der Waals surface area contributed by atoms with Crippen molar-refractivity contribution in [3.8, 4) is 0 Å². The maximum Gasteiger partial charge on any atom is 0.397 e. The zero-order valence-electron chi connectivity index (χ0n) is 40.6. The number of benzene rings is 4. The van der Waals surface area contributed by atoms with Gasteiger partial charge in [-0.25, -0.2) is 4.18 Å². The second kappa shape index (κ2) is 24.6. The number of carbonyl (C=O) groups excluding carboxylic acids is 2. The Morgan fingerprint density at radius 1 is 0.638 bits per heavy atom. The van der Waals surface area contributed by atoms with Crippen LogP contribution in [0.15, 0.2) is 115 Å². The fourth-order valence-corrected chi connectivity index (χ4v) is 9.27. The van der Waals surface area contributed by atoms with Crippen LogP contribution in [0.5, 0.6) is 0 Å². The van der Waals surface area contributed by atoms with Gasteiger partial charge in [0.25, 0.3) is 0 Å². The molecule has 18 heteroatoms. The first-order valence-corrected chi connectivity index (χ1v) is 27.3. The third-order valence-electron chi connectivity index (χ3n) is 12.3. The topological polar surface area (TPSA) is 193 Å². The summed E-state index contributed by atoms with van der Waals surface area (Å²) in [5, 5.41) is 2.61. The second-order valence-electron chi connectivity index (χ2n) is 18.9. The molecule has 4 aromatic rings. The van der Waals surface area contributed by atoms with Crippen LogP contribution in [-0.2, 0) is 92.9 Å². The second-order valence-corrected chi connectivity index (χ2v) is 24.7. The number of rotatable bonds is 22. The third kappa shape index (κ3) is 16.0. The van der Waals surface area contributed by atoms with Crippen molar-refractivity contribution >= 4 is 30.6 Å². The highest BCUT2D eigenvalue weighted by Crippen LogP contribution is 2.39. The van der Waals surface area contributed by atoms with E-state index in [1.165, 1.54) is 13.8 Å². The Bertz CT molecular complexity index is 2320. The Kier molecular flexibility index (Phi) is 19.2. The van der Waals surface area contributed by atoms with E-state index >= 15 is 0 Å². The number of nitrogens with one attached hydrogen (secondary N) is 1. The number of amides is 1. The Labute approximate surface area is 407 Å². The minimum absolute atomic E-state index is 0.00617. The van der Waals surface area contributed by atoms with E-state index in [4.69, 9.17) is 46.5 Å². The molecule has 2 heterocycles. The van der Waals surface area contributed by atoms with Gasteiger partial charge < -0.3 is 47.6 Å². The molecule has 2 aliphatic heterocycles. The molecule has 2 N–H and O–H groups in total. The van der Waals surface area contributed by atoms with E-state index in [2.05, 4.69) is 39.2 Å². The molecule has 0 bridgehead atoms. The largest absolute Gasteiger partial charge is 0.454 e. The van der Waals surface area contributed by atoms with Gasteiger partial charge in [-0.15, -0.1) is 0 Å². The predicted octanol–water partition coefficient (Wildman–Crippen LogP) is 7.38. The number of esters is 1. The van der Waals surface area contributed by atoms with E-state index in [-0.39, 0.29) is 44.7 Å². The standard InChI is InChI=1S/C51H67NO15SSi/c1-34-24-26-40(27-25-34)28-58-32-41-45(67-68(55,56)57)46(43(52-35(2)53)49(64-41)61-31-39-22-16-11-17-23-39)66-50-48(63-36(3)54)47(60-30-38-20-14-10-15-21-38)44(59-29-37-18-12-9-13-19-37)42(65-50)33-62-69(7,8)51(4,5)6/h9-27,41-50H,28-33H2,1-8H3,(H,52,53)(H,55,56,57)/t41-,42-,43-,44-,45-,46-,47+,48-,49-,50+/m1/s1. The highest BCUT2D eigenvalue weighted by atomic mass is 32.3. The molecule has 1 amide bonds. The van der Waals surface area contributed by atoms with Gasteiger partial charge in [0.2, 0.25) is 5.91 Å². The summed E-state index contributed by atoms with van der Waals surface area (Å²) in [4.78, 5) is 26.4. The van der Waals surface area contributed by atoms with Gasteiger partial charge >= 0.3 is 16.4 Å². The van der Waals surface area contributed by atoms with E-state index in [0.717, 1.165) is 27.8 Å². The summed E-state index contributed by atoms with van der Waals surface area (Å²) < 4.78 is 101. The zero-order valence-corrected chi connectivity index (χ0v) is 42.4. The average molecular weight is 994 g/mol. The molecule has 0 aliphatic carbocycles. The lowest BCUT2D eigenvalue weighted by molar-refractivity contribution is -0.352. The van der Waals surface area contributed by atoms with Gasteiger partial charge in [0.05, 0.1) is 39.6 Å². The van der Waals surface area contributed by atoms with Crippen molar-refractivity contribution in [1.29, 1.82) is 0 Å². The highest BCUT2D eigenvalue weighted by Gasteiger charge is 2.56. The van der Waals surface area contributed by atoms with Crippen LogP contribution in [0.1, 0.15) is 62.4 Å². The average Bonchev–Trinajstić information content (AvgIpc) is 3.29. The van der Waals surface area contributed by atoms with Gasteiger partial charge in [0.15, 0.2) is 27.0 Å². The van der Waals surface area contributed by atoms with Crippen LogP contribution in [0.25, 0.3) is 0 Å². The molecular formula is C51H67NO15SSi. The van der Waals surface area contributed by atoms with Crippen molar-refractivity contribution in [2.45, 2.75) is 147 Å². The first-order chi connectivity index (χ1) is 32.8. The lowest BCUT2D eigenvalue weighted by atomic mass is 9.95. The summed E-state index contributed by atoms with van der Waals surface area (Å²) >= 11 is 0. The molecule has 6 rings (SSSR count). The van der Waals surface area contributed by atoms with Crippen LogP contribution < -0.4 is 5.32 Å². The summed E-state index contributed by atoms with van der Waals surface area (Å²) in [5.74, 6) is -1.28. The zero-order chi connectivity index (χ0) is 49.8. The summed E-state index contributed by atoms with van der Waals surface area (Å²) in [5.41, 5.74) is 4.29. The first kappa shape index (κ1) is 53.9. The fraction of sp³-hybridized carbons (Fsp3) is 0.490. The summed E-state index contributed by atoms with van der Waals surface area (Å²) in [6, 6.07) is 34.4. The molecule has 0 spiro atoms. The number of ether oxygens (including phenoxy) is 8. The predicted molar refractivity (Wildman–Crippen MR) is 257 cm³/mol. The highest BCUT2D eigenvalue weighted by molar-refractivity contribution is 7.80. The molecule has 10 atom stereocenters. The summed E-state index contributed by atoms with van der Waals surface area (Å²) in [6.45, 7) is 14.9. The van der Waals surface area contributed by atoms with E-state index < -0.39 is 91.9 Å². The SMILES string of the molecule is CC(=O)N[C@H]1[C@H](OCc2ccccc2)O[C@H](COCc2ccc(C)cc2)[C@@H](OS(=O)(=O)O)[C@@H]1O[C@@H]1O[C@H](CO[Si](C)(C)C(C)(C)C)[C@@H](OCc2ccccc2)[C@H](OCc2ccccc2)[C@H]1OC(C)=O. The van der Waals surface area contributed by atoms with E-state index in [1.807, 2.05) is 122 Å². The van der Waals surface area contributed by atoms with Crippen molar-refractivity contribution in [2.24, 2.45) is 0 Å². The van der Waals surface area contributed by atoms with Crippen molar-refractivity contribution in [3.05, 3.63) is 143 Å². The van der Waals surface area contributed by atoms with Crippen molar-refractivity contribution < 1.29 is 69.1 Å². The molecule has 0 aromatic heterocycles. The van der Waals surface area contributed by atoms with Gasteiger partial charge in [-0.05, 0) is 47.3 Å². The van der Waals surface area contributed by atoms with Crippen LogP contribution in [0.3, 0.4) is 0 Å². The van der Waals surface area contributed by atoms with Gasteiger partial charge in [-0.1, -0.05) is 142 Å². The lowest BCUT2D eigenvalue weighted by Gasteiger charge is -2.50. The van der Waals surface area contributed by atoms with Crippen LogP contribution in [-0.4, -0.2) is 108 Å². The Morgan fingerprint density at radius 2 is 1.13 bits per heavy atom. The maximum absolute atomic E-state index is 13.2. The molecule has 0 saturated carbocycles. The molecule has 0 unspecified atom stereocenters. The summed E-state index contributed by atoms with van der Waals surface area (Å²) in [7, 11) is -7.75. The number of carbonyl (C=O) groups is 2. The Hall–Kier alpha value is -4.41. The maximum atomic E-state index is 13.2. The number of aryl methyl sites for hydroxylation is 1. The normalized spacial score (nSPS) is 25.5. The summed E-state index contributed by atoms with van der Waals surface area (Å²) in [6.07, 6.45) is -12.0. The molecule has 376 valence electrons. The fourth-order valence-electron chi connectivity index (χ4n) is 7.74.